The van der Waals surface area contributed by atoms with Gasteiger partial charge in [0.25, 0.3) is 0 Å². The van der Waals surface area contributed by atoms with Gasteiger partial charge in [-0.1, -0.05) is 11.6 Å². The molecule has 0 unspecified atom stereocenters. The lowest BCUT2D eigenvalue weighted by Gasteiger charge is -2.31. The van der Waals surface area contributed by atoms with Crippen LogP contribution in [0.4, 0.5) is 0 Å². The molecule has 19 heavy (non-hydrogen) atoms. The predicted octanol–water partition coefficient (Wildman–Crippen LogP) is 2.63. The molecule has 1 aromatic rings. The summed E-state index contributed by atoms with van der Waals surface area (Å²) in [6.07, 6.45) is 2.11. The number of aryl methyl sites for hydroxylation is 1. The first-order chi connectivity index (χ1) is 8.98. The van der Waals surface area contributed by atoms with Crippen LogP contribution in [-0.4, -0.2) is 49.0 Å². The number of halogens is 1. The summed E-state index contributed by atoms with van der Waals surface area (Å²) in [5.74, 6) is 0.799. The molecule has 0 aliphatic carbocycles. The first kappa shape index (κ1) is 14.6. The maximum Gasteiger partial charge on any atom is 0.137 e. The van der Waals surface area contributed by atoms with Crippen LogP contribution in [0, 0.1) is 6.92 Å². The second-order valence-electron chi connectivity index (χ2n) is 5.83. The van der Waals surface area contributed by atoms with Crippen molar-refractivity contribution in [1.82, 2.24) is 0 Å². The number of likely N-dealkylation sites (tertiary alicyclic amines) is 1. The Morgan fingerprint density at radius 2 is 2.05 bits per heavy atom. The second kappa shape index (κ2) is 6.12. The van der Waals surface area contributed by atoms with Crippen LogP contribution >= 0.6 is 11.6 Å². The standard InChI is InChI=1S/C15H23ClNO2/c1-12-9-13(16)5-6-15(12)19-11-14(18)10-17(2)7-3-4-8-17/h5-6,9,14,18H,3-4,7-8,10-11H2,1-2H3/q+1/t14-/m0/s1. The largest absolute Gasteiger partial charge is 0.490 e. The molecule has 2 rings (SSSR count). The number of benzene rings is 1. The first-order valence-corrected chi connectivity index (χ1v) is 7.27. The highest BCUT2D eigenvalue weighted by molar-refractivity contribution is 6.30. The Balaban J connectivity index is 1.84. The summed E-state index contributed by atoms with van der Waals surface area (Å²) in [5.41, 5.74) is 1.00. The highest BCUT2D eigenvalue weighted by Gasteiger charge is 2.29. The molecule has 1 aliphatic heterocycles. The van der Waals surface area contributed by atoms with Crippen molar-refractivity contribution in [3.05, 3.63) is 28.8 Å². The number of aliphatic hydroxyl groups excluding tert-OH is 1. The van der Waals surface area contributed by atoms with Crippen molar-refractivity contribution in [2.24, 2.45) is 0 Å². The summed E-state index contributed by atoms with van der Waals surface area (Å²) < 4.78 is 6.65. The third-order valence-corrected chi connectivity index (χ3v) is 4.10. The molecule has 1 aliphatic rings. The van der Waals surface area contributed by atoms with Gasteiger partial charge in [0.1, 0.15) is 25.0 Å². The number of hydrogen-bond donors (Lipinski definition) is 1. The Kier molecular flexibility index (Phi) is 4.71. The Labute approximate surface area is 120 Å². The molecule has 1 atom stereocenters. The Hall–Kier alpha value is -0.770. The number of hydrogen-bond acceptors (Lipinski definition) is 2. The molecule has 3 nitrogen and oxygen atoms in total. The van der Waals surface area contributed by atoms with Crippen LogP contribution in [-0.2, 0) is 0 Å². The van der Waals surface area contributed by atoms with Crippen LogP contribution in [0.15, 0.2) is 18.2 Å². The van der Waals surface area contributed by atoms with Crippen molar-refractivity contribution in [2.45, 2.75) is 25.9 Å². The summed E-state index contributed by atoms with van der Waals surface area (Å²) in [6.45, 7) is 5.40. The summed E-state index contributed by atoms with van der Waals surface area (Å²) in [7, 11) is 2.21. The van der Waals surface area contributed by atoms with Crippen LogP contribution in [0.1, 0.15) is 18.4 Å². The summed E-state index contributed by atoms with van der Waals surface area (Å²) in [6, 6.07) is 5.54. The topological polar surface area (TPSA) is 29.5 Å². The zero-order valence-electron chi connectivity index (χ0n) is 11.7. The van der Waals surface area contributed by atoms with Gasteiger partial charge in [0.2, 0.25) is 0 Å². The summed E-state index contributed by atoms with van der Waals surface area (Å²) >= 11 is 5.90. The summed E-state index contributed by atoms with van der Waals surface area (Å²) in [5, 5.41) is 10.8. The molecular weight excluding hydrogens is 262 g/mol. The van der Waals surface area contributed by atoms with E-state index in [9.17, 15) is 5.11 Å². The van der Waals surface area contributed by atoms with Gasteiger partial charge in [-0.3, -0.25) is 0 Å². The van der Waals surface area contributed by atoms with Gasteiger partial charge in [-0.2, -0.15) is 0 Å². The molecule has 1 fully saturated rings. The van der Waals surface area contributed by atoms with Crippen molar-refractivity contribution in [2.75, 3.05) is 33.3 Å². The average molecular weight is 285 g/mol. The van der Waals surface area contributed by atoms with E-state index in [0.717, 1.165) is 35.4 Å². The molecule has 0 spiro atoms. The fraction of sp³-hybridized carbons (Fsp3) is 0.600. The van der Waals surface area contributed by atoms with Gasteiger partial charge in [-0.05, 0) is 30.7 Å². The molecule has 0 radical (unpaired) electrons. The first-order valence-electron chi connectivity index (χ1n) is 6.89. The van der Waals surface area contributed by atoms with E-state index < -0.39 is 6.10 Å². The summed E-state index contributed by atoms with van der Waals surface area (Å²) in [4.78, 5) is 0. The minimum Gasteiger partial charge on any atom is -0.490 e. The van der Waals surface area contributed by atoms with E-state index in [1.54, 1.807) is 0 Å². The number of likely N-dealkylation sites (N-methyl/N-ethyl adjacent to an activating group) is 1. The third-order valence-electron chi connectivity index (χ3n) is 3.87. The van der Waals surface area contributed by atoms with Gasteiger partial charge < -0.3 is 14.3 Å². The van der Waals surface area contributed by atoms with Gasteiger partial charge >= 0.3 is 0 Å². The number of rotatable bonds is 5. The second-order valence-corrected chi connectivity index (χ2v) is 6.27. The van der Waals surface area contributed by atoms with Crippen molar-refractivity contribution in [3.63, 3.8) is 0 Å². The maximum absolute atomic E-state index is 10.1. The lowest BCUT2D eigenvalue weighted by atomic mass is 10.2. The predicted molar refractivity (Wildman–Crippen MR) is 77.7 cm³/mol. The minimum atomic E-state index is -0.418. The quantitative estimate of drug-likeness (QED) is 0.843. The van der Waals surface area contributed by atoms with E-state index in [4.69, 9.17) is 16.3 Å². The SMILES string of the molecule is Cc1cc(Cl)ccc1OC[C@@H](O)C[N+]1(C)CCCC1. The number of nitrogens with zero attached hydrogens (tertiary/aromatic N) is 1. The highest BCUT2D eigenvalue weighted by atomic mass is 35.5. The van der Waals surface area contributed by atoms with Crippen molar-refractivity contribution >= 4 is 11.6 Å². The molecule has 0 saturated carbocycles. The van der Waals surface area contributed by atoms with E-state index in [0.29, 0.717) is 11.6 Å². The van der Waals surface area contributed by atoms with E-state index in [1.807, 2.05) is 25.1 Å². The zero-order valence-corrected chi connectivity index (χ0v) is 12.5. The molecule has 0 bridgehead atoms. The Morgan fingerprint density at radius 1 is 1.37 bits per heavy atom. The van der Waals surface area contributed by atoms with Gasteiger partial charge in [-0.15, -0.1) is 0 Å². The van der Waals surface area contributed by atoms with E-state index >= 15 is 0 Å². The fourth-order valence-corrected chi connectivity index (χ4v) is 3.03. The molecule has 4 heteroatoms. The van der Waals surface area contributed by atoms with Crippen LogP contribution < -0.4 is 4.74 Å². The van der Waals surface area contributed by atoms with Crippen LogP contribution in [0.2, 0.25) is 5.02 Å². The van der Waals surface area contributed by atoms with Gasteiger partial charge in [0.05, 0.1) is 20.1 Å². The Morgan fingerprint density at radius 3 is 2.68 bits per heavy atom. The van der Waals surface area contributed by atoms with E-state index in [2.05, 4.69) is 7.05 Å². The highest BCUT2D eigenvalue weighted by Crippen LogP contribution is 2.22. The maximum atomic E-state index is 10.1. The molecule has 0 aromatic heterocycles. The number of quaternary nitrogens is 1. The number of aliphatic hydroxyl groups is 1. The molecule has 1 aromatic carbocycles. The fourth-order valence-electron chi connectivity index (χ4n) is 2.80. The van der Waals surface area contributed by atoms with Crippen molar-refractivity contribution < 1.29 is 14.3 Å². The molecule has 1 heterocycles. The van der Waals surface area contributed by atoms with Crippen LogP contribution in [0.5, 0.6) is 5.75 Å². The zero-order chi connectivity index (χ0) is 13.9. The van der Waals surface area contributed by atoms with E-state index in [-0.39, 0.29) is 0 Å². The van der Waals surface area contributed by atoms with Crippen molar-refractivity contribution in [3.8, 4) is 5.75 Å². The smallest absolute Gasteiger partial charge is 0.137 e. The van der Waals surface area contributed by atoms with Gasteiger partial charge in [-0.25, -0.2) is 0 Å². The van der Waals surface area contributed by atoms with Gasteiger partial charge in [0, 0.05) is 17.9 Å². The average Bonchev–Trinajstić information content (AvgIpc) is 2.74. The molecule has 106 valence electrons. The lowest BCUT2D eigenvalue weighted by Crippen LogP contribution is -2.47. The monoisotopic (exact) mass is 284 g/mol. The third kappa shape index (κ3) is 4.10. The lowest BCUT2D eigenvalue weighted by molar-refractivity contribution is -0.900. The van der Waals surface area contributed by atoms with Gasteiger partial charge in [0.15, 0.2) is 0 Å². The molecule has 0 amide bonds. The minimum absolute atomic E-state index is 0.344. The van der Waals surface area contributed by atoms with E-state index in [1.165, 1.54) is 12.8 Å². The van der Waals surface area contributed by atoms with Crippen molar-refractivity contribution in [1.29, 1.82) is 0 Å². The normalized spacial score (nSPS) is 19.4. The molecule has 1 saturated heterocycles. The van der Waals surface area contributed by atoms with Crippen LogP contribution in [0.3, 0.4) is 0 Å². The molecular formula is C15H23ClNO2+. The van der Waals surface area contributed by atoms with Crippen LogP contribution in [0.25, 0.3) is 0 Å². The Bertz CT molecular complexity index is 430. The number of ether oxygens (including phenoxy) is 1. The molecule has 1 N–H and O–H groups in total.